The summed E-state index contributed by atoms with van der Waals surface area (Å²) in [5.74, 6) is 0.774. The molecule has 6 nitrogen and oxygen atoms in total. The minimum atomic E-state index is -0.154. The predicted octanol–water partition coefficient (Wildman–Crippen LogP) is 2.86. The molecule has 0 saturated heterocycles. The molecule has 0 atom stereocenters. The number of hydrogen-bond acceptors (Lipinski definition) is 4. The fourth-order valence-electron chi connectivity index (χ4n) is 4.16. The van der Waals surface area contributed by atoms with Crippen LogP contribution >= 0.6 is 0 Å². The van der Waals surface area contributed by atoms with Crippen molar-refractivity contribution in [2.24, 2.45) is 0 Å². The van der Waals surface area contributed by atoms with E-state index in [1.165, 1.54) is 11.1 Å². The summed E-state index contributed by atoms with van der Waals surface area (Å²) in [4.78, 5) is 15.2. The summed E-state index contributed by atoms with van der Waals surface area (Å²) in [6.45, 7) is 6.87. The van der Waals surface area contributed by atoms with Gasteiger partial charge < -0.3 is 10.2 Å². The number of carbonyl (C=O) groups is 1. The maximum atomic E-state index is 13.0. The van der Waals surface area contributed by atoms with Crippen LogP contribution in [0.15, 0.2) is 42.6 Å². The van der Waals surface area contributed by atoms with Gasteiger partial charge in [0.1, 0.15) is 5.82 Å². The first-order valence-electron chi connectivity index (χ1n) is 10.1. The molecule has 0 spiro atoms. The first-order chi connectivity index (χ1) is 13.7. The van der Waals surface area contributed by atoms with Crippen molar-refractivity contribution < 1.29 is 4.79 Å². The van der Waals surface area contributed by atoms with Crippen molar-refractivity contribution in [1.82, 2.24) is 24.8 Å². The Kier molecular flexibility index (Phi) is 4.69. The highest BCUT2D eigenvalue weighted by atomic mass is 16.1. The van der Waals surface area contributed by atoms with Gasteiger partial charge in [-0.3, -0.25) is 9.20 Å². The maximum Gasteiger partial charge on any atom is 0.252 e. The fraction of sp³-hybridized carbons (Fsp3) is 0.435. The number of likely N-dealkylation sites (N-methyl/N-ethyl adjacent to an activating group) is 1. The van der Waals surface area contributed by atoms with Crippen LogP contribution in [0.1, 0.15) is 48.1 Å². The maximum absolute atomic E-state index is 13.0. The summed E-state index contributed by atoms with van der Waals surface area (Å²) in [6.07, 6.45) is 3.72. The Morgan fingerprint density at radius 1 is 1.10 bits per heavy atom. The lowest BCUT2D eigenvalue weighted by atomic mass is 9.94. The minimum absolute atomic E-state index is 0.0716. The van der Waals surface area contributed by atoms with Crippen LogP contribution in [-0.4, -0.2) is 51.6 Å². The predicted molar refractivity (Wildman–Crippen MR) is 114 cm³/mol. The number of nitrogens with one attached hydrogen (secondary N) is 1. The number of nitrogens with zero attached hydrogens (tertiary/aromatic N) is 4. The van der Waals surface area contributed by atoms with Gasteiger partial charge in [-0.15, -0.1) is 10.2 Å². The van der Waals surface area contributed by atoms with Gasteiger partial charge >= 0.3 is 0 Å². The molecule has 6 heteroatoms. The van der Waals surface area contributed by atoms with Crippen LogP contribution < -0.4 is 5.32 Å². The number of aromatic nitrogens is 3. The molecule has 0 unspecified atom stereocenters. The minimum Gasteiger partial charge on any atom is -0.350 e. The van der Waals surface area contributed by atoms with Crippen LogP contribution in [0.4, 0.5) is 0 Å². The van der Waals surface area contributed by atoms with Crippen molar-refractivity contribution >= 4 is 11.6 Å². The fourth-order valence-corrected chi connectivity index (χ4v) is 4.16. The number of rotatable bonds is 4. The van der Waals surface area contributed by atoms with E-state index in [4.69, 9.17) is 0 Å². The van der Waals surface area contributed by atoms with Crippen molar-refractivity contribution in [3.8, 4) is 0 Å². The lowest BCUT2D eigenvalue weighted by Crippen LogP contribution is -2.53. The molecule has 1 aromatic carbocycles. The van der Waals surface area contributed by atoms with Crippen LogP contribution in [0, 0.1) is 0 Å². The topological polar surface area (TPSA) is 62.5 Å². The van der Waals surface area contributed by atoms with Crippen molar-refractivity contribution in [2.45, 2.75) is 44.6 Å². The highest BCUT2D eigenvalue weighted by molar-refractivity contribution is 5.94. The SMILES string of the molecule is CN(C)C1(CNC(=O)c2ccc3nnc(C(C)(C)C)n3c2)Cc2ccccc2C1. The zero-order chi connectivity index (χ0) is 20.8. The van der Waals surface area contributed by atoms with E-state index in [0.29, 0.717) is 12.1 Å². The van der Waals surface area contributed by atoms with Gasteiger partial charge in [-0.05, 0) is 50.2 Å². The van der Waals surface area contributed by atoms with Gasteiger partial charge in [0.15, 0.2) is 5.65 Å². The Labute approximate surface area is 171 Å². The molecule has 4 rings (SSSR count). The average molecular weight is 392 g/mol. The van der Waals surface area contributed by atoms with Gasteiger partial charge in [-0.2, -0.15) is 0 Å². The van der Waals surface area contributed by atoms with Crippen LogP contribution in [0.3, 0.4) is 0 Å². The largest absolute Gasteiger partial charge is 0.350 e. The Bertz CT molecular complexity index is 1040. The normalized spacial score (nSPS) is 15.7. The highest BCUT2D eigenvalue weighted by Crippen LogP contribution is 2.33. The third-order valence-corrected chi connectivity index (χ3v) is 6.02. The Morgan fingerprint density at radius 2 is 1.76 bits per heavy atom. The standard InChI is InChI=1S/C23H29N5O/c1-22(2,3)21-26-25-19-11-10-18(14-28(19)21)20(29)24-15-23(27(4)5)12-16-8-6-7-9-17(16)13-23/h6-11,14H,12-13,15H2,1-5H3,(H,24,29). The molecule has 1 N–H and O–H groups in total. The Balaban J connectivity index is 1.55. The molecule has 2 heterocycles. The summed E-state index contributed by atoms with van der Waals surface area (Å²) < 4.78 is 1.92. The van der Waals surface area contributed by atoms with Gasteiger partial charge in [0, 0.05) is 23.7 Å². The zero-order valence-corrected chi connectivity index (χ0v) is 17.9. The second-order valence-electron chi connectivity index (χ2n) is 9.34. The molecule has 1 aliphatic carbocycles. The van der Waals surface area contributed by atoms with Crippen molar-refractivity contribution in [2.75, 3.05) is 20.6 Å². The van der Waals surface area contributed by atoms with Gasteiger partial charge in [-0.1, -0.05) is 45.0 Å². The molecule has 2 aromatic heterocycles. The van der Waals surface area contributed by atoms with E-state index in [1.54, 1.807) is 0 Å². The summed E-state index contributed by atoms with van der Waals surface area (Å²) >= 11 is 0. The monoisotopic (exact) mass is 391 g/mol. The smallest absolute Gasteiger partial charge is 0.252 e. The molecule has 0 bridgehead atoms. The third kappa shape index (κ3) is 3.53. The zero-order valence-electron chi connectivity index (χ0n) is 17.9. The van der Waals surface area contributed by atoms with E-state index in [9.17, 15) is 4.79 Å². The lowest BCUT2D eigenvalue weighted by molar-refractivity contribution is 0.0902. The molecule has 29 heavy (non-hydrogen) atoms. The van der Waals surface area contributed by atoms with Crippen LogP contribution in [-0.2, 0) is 18.3 Å². The number of carbonyl (C=O) groups excluding carboxylic acids is 1. The van der Waals surface area contributed by atoms with E-state index < -0.39 is 0 Å². The van der Waals surface area contributed by atoms with Crippen molar-refractivity contribution in [3.63, 3.8) is 0 Å². The summed E-state index contributed by atoms with van der Waals surface area (Å²) in [5.41, 5.74) is 3.86. The molecule has 0 aliphatic heterocycles. The van der Waals surface area contributed by atoms with E-state index in [-0.39, 0.29) is 16.9 Å². The molecule has 152 valence electrons. The molecule has 3 aromatic rings. The molecular weight excluding hydrogens is 362 g/mol. The number of amides is 1. The van der Waals surface area contributed by atoms with E-state index in [2.05, 4.69) is 79.5 Å². The lowest BCUT2D eigenvalue weighted by Gasteiger charge is -2.36. The summed E-state index contributed by atoms with van der Waals surface area (Å²) in [6, 6.07) is 12.2. The first-order valence-corrected chi connectivity index (χ1v) is 10.1. The number of hydrogen-bond donors (Lipinski definition) is 1. The molecule has 0 radical (unpaired) electrons. The van der Waals surface area contributed by atoms with Gasteiger partial charge in [0.05, 0.1) is 5.56 Å². The van der Waals surface area contributed by atoms with Crippen LogP contribution in [0.5, 0.6) is 0 Å². The number of benzene rings is 1. The van der Waals surface area contributed by atoms with E-state index in [0.717, 1.165) is 24.3 Å². The number of fused-ring (bicyclic) bond motifs is 2. The quantitative estimate of drug-likeness (QED) is 0.743. The number of pyridine rings is 1. The van der Waals surface area contributed by atoms with E-state index in [1.807, 2.05) is 22.7 Å². The van der Waals surface area contributed by atoms with Crippen LogP contribution in [0.25, 0.3) is 5.65 Å². The Hall–Kier alpha value is -2.73. The van der Waals surface area contributed by atoms with Gasteiger partial charge in [0.2, 0.25) is 0 Å². The Morgan fingerprint density at radius 3 is 2.34 bits per heavy atom. The molecule has 1 amide bonds. The summed E-state index contributed by atoms with van der Waals surface area (Å²) in [7, 11) is 4.19. The van der Waals surface area contributed by atoms with Crippen LogP contribution in [0.2, 0.25) is 0 Å². The summed E-state index contributed by atoms with van der Waals surface area (Å²) in [5, 5.41) is 11.7. The second-order valence-corrected chi connectivity index (χ2v) is 9.34. The average Bonchev–Trinajstić information content (AvgIpc) is 3.27. The molecular formula is C23H29N5O. The molecule has 0 saturated carbocycles. The second kappa shape index (κ2) is 6.95. The molecule has 0 fully saturated rings. The molecule has 1 aliphatic rings. The van der Waals surface area contributed by atoms with Crippen molar-refractivity contribution in [1.29, 1.82) is 0 Å². The van der Waals surface area contributed by atoms with E-state index >= 15 is 0 Å². The highest BCUT2D eigenvalue weighted by Gasteiger charge is 2.39. The van der Waals surface area contributed by atoms with Gasteiger partial charge in [0.25, 0.3) is 5.91 Å². The van der Waals surface area contributed by atoms with Crippen molar-refractivity contribution in [3.05, 3.63) is 65.1 Å². The third-order valence-electron chi connectivity index (χ3n) is 6.02. The van der Waals surface area contributed by atoms with Gasteiger partial charge in [-0.25, -0.2) is 0 Å². The first kappa shape index (κ1) is 19.6.